The molecule has 0 saturated heterocycles. The lowest BCUT2D eigenvalue weighted by atomic mass is 10.0. The Balaban J connectivity index is 2.43. The highest BCUT2D eigenvalue weighted by Gasteiger charge is 2.13. The Morgan fingerprint density at radius 1 is 1.21 bits per heavy atom. The van der Waals surface area contributed by atoms with Crippen molar-refractivity contribution in [2.75, 3.05) is 26.9 Å². The number of hydrazine groups is 1. The number of nitrogens with two attached hydrogens (primary N) is 1. The monoisotopic (exact) mass is 306 g/mol. The van der Waals surface area contributed by atoms with Crippen LogP contribution in [0.15, 0.2) is 18.2 Å². The van der Waals surface area contributed by atoms with E-state index in [-0.39, 0.29) is 6.04 Å². The highest BCUT2D eigenvalue weighted by Crippen LogP contribution is 2.25. The summed E-state index contributed by atoms with van der Waals surface area (Å²) in [4.78, 5) is 0. The van der Waals surface area contributed by atoms with Crippen molar-refractivity contribution < 1.29 is 9.47 Å². The van der Waals surface area contributed by atoms with Crippen LogP contribution in [0.2, 0.25) is 10.0 Å². The molecule has 0 fully saturated rings. The van der Waals surface area contributed by atoms with Gasteiger partial charge in [0, 0.05) is 29.8 Å². The van der Waals surface area contributed by atoms with E-state index in [9.17, 15) is 0 Å². The predicted molar refractivity (Wildman–Crippen MR) is 78.6 cm³/mol. The topological polar surface area (TPSA) is 56.5 Å². The Morgan fingerprint density at radius 2 is 1.89 bits per heavy atom. The Morgan fingerprint density at radius 3 is 2.47 bits per heavy atom. The zero-order valence-corrected chi connectivity index (χ0v) is 12.5. The number of ether oxygens (including phenoxy) is 2. The molecule has 6 heteroatoms. The molecule has 0 aliphatic carbocycles. The van der Waals surface area contributed by atoms with Crippen molar-refractivity contribution in [3.63, 3.8) is 0 Å². The Labute approximate surface area is 124 Å². The third-order valence-corrected chi connectivity index (χ3v) is 3.50. The zero-order chi connectivity index (χ0) is 14.1. The molecule has 3 N–H and O–H groups in total. The first-order chi connectivity index (χ1) is 9.19. The van der Waals surface area contributed by atoms with Crippen LogP contribution in [0.25, 0.3) is 0 Å². The van der Waals surface area contributed by atoms with Crippen LogP contribution in [-0.2, 0) is 15.9 Å². The maximum atomic E-state index is 6.13. The molecule has 0 spiro atoms. The number of methoxy groups -OCH3 is 1. The van der Waals surface area contributed by atoms with E-state index in [1.807, 2.05) is 18.2 Å². The first kappa shape index (κ1) is 16.7. The molecular formula is C13H20Cl2N2O2. The minimum Gasteiger partial charge on any atom is -0.382 e. The SMILES string of the molecule is COCCOCCC(Cc1c(Cl)cccc1Cl)NN. The molecule has 4 nitrogen and oxygen atoms in total. The number of halogens is 2. The van der Waals surface area contributed by atoms with Crippen LogP contribution in [0.4, 0.5) is 0 Å². The number of nitrogens with one attached hydrogen (secondary N) is 1. The fraction of sp³-hybridized carbons (Fsp3) is 0.538. The van der Waals surface area contributed by atoms with Gasteiger partial charge in [0.25, 0.3) is 0 Å². The van der Waals surface area contributed by atoms with Crippen molar-refractivity contribution in [2.24, 2.45) is 5.84 Å². The average Bonchev–Trinajstić information content (AvgIpc) is 2.40. The fourth-order valence-electron chi connectivity index (χ4n) is 1.69. The van der Waals surface area contributed by atoms with Gasteiger partial charge in [-0.25, -0.2) is 0 Å². The Hall–Kier alpha value is -0.360. The summed E-state index contributed by atoms with van der Waals surface area (Å²) in [5, 5.41) is 1.32. The van der Waals surface area contributed by atoms with E-state index in [1.165, 1.54) is 0 Å². The maximum absolute atomic E-state index is 6.13. The summed E-state index contributed by atoms with van der Waals surface area (Å²) in [6.07, 6.45) is 1.45. The molecule has 0 aliphatic heterocycles. The summed E-state index contributed by atoms with van der Waals surface area (Å²) in [5.41, 5.74) is 3.68. The molecule has 0 aromatic heterocycles. The largest absolute Gasteiger partial charge is 0.382 e. The van der Waals surface area contributed by atoms with E-state index >= 15 is 0 Å². The third kappa shape index (κ3) is 6.08. The van der Waals surface area contributed by atoms with Crippen LogP contribution < -0.4 is 11.3 Å². The first-order valence-electron chi connectivity index (χ1n) is 6.14. The number of benzene rings is 1. The molecule has 1 unspecified atom stereocenters. The minimum absolute atomic E-state index is 0.0694. The average molecular weight is 307 g/mol. The molecule has 0 bridgehead atoms. The summed E-state index contributed by atoms with van der Waals surface area (Å²) in [6, 6.07) is 5.55. The molecule has 0 amide bonds. The lowest BCUT2D eigenvalue weighted by molar-refractivity contribution is 0.0658. The van der Waals surface area contributed by atoms with Gasteiger partial charge in [-0.15, -0.1) is 0 Å². The summed E-state index contributed by atoms with van der Waals surface area (Å²) < 4.78 is 10.3. The predicted octanol–water partition coefficient (Wildman–Crippen LogP) is 2.42. The molecule has 0 radical (unpaired) electrons. The van der Waals surface area contributed by atoms with Crippen LogP contribution in [-0.4, -0.2) is 33.0 Å². The second kappa shape index (κ2) is 9.53. The van der Waals surface area contributed by atoms with Gasteiger partial charge in [-0.05, 0) is 30.5 Å². The summed E-state index contributed by atoms with van der Waals surface area (Å²) in [6.45, 7) is 1.79. The second-order valence-corrected chi connectivity index (χ2v) is 4.98. The van der Waals surface area contributed by atoms with Crippen LogP contribution in [0.5, 0.6) is 0 Å². The van der Waals surface area contributed by atoms with Crippen LogP contribution in [0.3, 0.4) is 0 Å². The molecule has 0 heterocycles. The van der Waals surface area contributed by atoms with Gasteiger partial charge in [-0.3, -0.25) is 11.3 Å². The molecule has 0 aliphatic rings. The zero-order valence-electron chi connectivity index (χ0n) is 11.0. The molecular weight excluding hydrogens is 287 g/mol. The number of hydrogen-bond donors (Lipinski definition) is 2. The van der Waals surface area contributed by atoms with Gasteiger partial charge in [0.1, 0.15) is 0 Å². The van der Waals surface area contributed by atoms with Crippen LogP contribution >= 0.6 is 23.2 Å². The molecule has 0 saturated carbocycles. The van der Waals surface area contributed by atoms with E-state index in [1.54, 1.807) is 7.11 Å². The van der Waals surface area contributed by atoms with Gasteiger partial charge in [-0.1, -0.05) is 29.3 Å². The molecule has 108 valence electrons. The van der Waals surface area contributed by atoms with E-state index in [0.29, 0.717) is 36.3 Å². The van der Waals surface area contributed by atoms with Crippen molar-refractivity contribution in [3.8, 4) is 0 Å². The van der Waals surface area contributed by atoms with Gasteiger partial charge < -0.3 is 9.47 Å². The molecule has 19 heavy (non-hydrogen) atoms. The fourth-order valence-corrected chi connectivity index (χ4v) is 2.24. The number of hydrogen-bond acceptors (Lipinski definition) is 4. The van der Waals surface area contributed by atoms with Crippen LogP contribution in [0, 0.1) is 0 Å². The first-order valence-corrected chi connectivity index (χ1v) is 6.90. The lowest BCUT2D eigenvalue weighted by Gasteiger charge is -2.17. The molecule has 1 aromatic rings. The van der Waals surface area contributed by atoms with E-state index in [2.05, 4.69) is 5.43 Å². The van der Waals surface area contributed by atoms with Crippen molar-refractivity contribution in [3.05, 3.63) is 33.8 Å². The highest BCUT2D eigenvalue weighted by atomic mass is 35.5. The van der Waals surface area contributed by atoms with Crippen molar-refractivity contribution in [1.29, 1.82) is 0 Å². The van der Waals surface area contributed by atoms with E-state index in [0.717, 1.165) is 12.0 Å². The maximum Gasteiger partial charge on any atom is 0.0700 e. The van der Waals surface area contributed by atoms with Crippen LogP contribution in [0.1, 0.15) is 12.0 Å². The molecule has 1 aromatic carbocycles. The molecule has 1 rings (SSSR count). The Bertz CT molecular complexity index is 357. The van der Waals surface area contributed by atoms with Gasteiger partial charge in [-0.2, -0.15) is 0 Å². The summed E-state index contributed by atoms with van der Waals surface area (Å²) >= 11 is 12.3. The summed E-state index contributed by atoms with van der Waals surface area (Å²) in [7, 11) is 1.65. The third-order valence-electron chi connectivity index (χ3n) is 2.79. The Kier molecular flexibility index (Phi) is 8.37. The summed E-state index contributed by atoms with van der Waals surface area (Å²) in [5.74, 6) is 5.55. The van der Waals surface area contributed by atoms with E-state index < -0.39 is 0 Å². The lowest BCUT2D eigenvalue weighted by Crippen LogP contribution is -2.37. The minimum atomic E-state index is 0.0694. The van der Waals surface area contributed by atoms with Gasteiger partial charge in [0.05, 0.1) is 13.2 Å². The van der Waals surface area contributed by atoms with Gasteiger partial charge in [0.2, 0.25) is 0 Å². The normalized spacial score (nSPS) is 12.6. The smallest absolute Gasteiger partial charge is 0.0700 e. The highest BCUT2D eigenvalue weighted by molar-refractivity contribution is 6.35. The van der Waals surface area contributed by atoms with Gasteiger partial charge in [0.15, 0.2) is 0 Å². The van der Waals surface area contributed by atoms with Gasteiger partial charge >= 0.3 is 0 Å². The standard InChI is InChI=1S/C13H20Cl2N2O2/c1-18-7-8-19-6-5-10(17-16)9-11-12(14)3-2-4-13(11)15/h2-4,10,17H,5-9,16H2,1H3. The number of rotatable bonds is 9. The van der Waals surface area contributed by atoms with Crippen molar-refractivity contribution in [1.82, 2.24) is 5.43 Å². The van der Waals surface area contributed by atoms with Crippen molar-refractivity contribution >= 4 is 23.2 Å². The quantitative estimate of drug-likeness (QED) is 0.418. The van der Waals surface area contributed by atoms with E-state index in [4.69, 9.17) is 38.5 Å². The molecule has 1 atom stereocenters. The second-order valence-electron chi connectivity index (χ2n) is 4.16. The van der Waals surface area contributed by atoms with Crippen molar-refractivity contribution in [2.45, 2.75) is 18.9 Å².